The fourth-order valence-corrected chi connectivity index (χ4v) is 2.79. The van der Waals surface area contributed by atoms with E-state index in [0.717, 1.165) is 0 Å². The van der Waals surface area contributed by atoms with Crippen LogP contribution in [0.3, 0.4) is 0 Å². The smallest absolute Gasteiger partial charge is 0.335 e. The molecule has 2 atom stereocenters. The van der Waals surface area contributed by atoms with Crippen molar-refractivity contribution in [1.82, 2.24) is 0 Å². The highest BCUT2D eigenvalue weighted by molar-refractivity contribution is 5.83. The van der Waals surface area contributed by atoms with Crippen LogP contribution < -0.4 is 0 Å². The number of hydrogen-bond donors (Lipinski definition) is 4. The van der Waals surface area contributed by atoms with E-state index in [0.29, 0.717) is 0 Å². The van der Waals surface area contributed by atoms with Crippen LogP contribution in [0.4, 0.5) is 0 Å². The molecule has 4 aromatic carbocycles. The predicted octanol–water partition coefficient (Wildman–Crippen LogP) is 4.58. The normalized spacial score (nSPS) is 11.5. The van der Waals surface area contributed by atoms with Crippen molar-refractivity contribution >= 4 is 11.9 Å². The average Bonchev–Trinajstić information content (AvgIpc) is 2.90. The monoisotopic (exact) mass is 458 g/mol. The molecule has 4 N–H and O–H groups in total. The summed E-state index contributed by atoms with van der Waals surface area (Å²) in [5.74, 6) is -3.54. The molecule has 4 rings (SSSR count). The number of carboxylic acid groups (broad SMARTS) is 2. The minimum absolute atomic E-state index is 1.28. The van der Waals surface area contributed by atoms with Gasteiger partial charge in [-0.3, -0.25) is 0 Å². The molecule has 6 heteroatoms. The van der Waals surface area contributed by atoms with Crippen molar-refractivity contribution in [3.8, 4) is 22.3 Å². The van der Waals surface area contributed by atoms with Crippen LogP contribution >= 0.6 is 0 Å². The lowest BCUT2D eigenvalue weighted by atomic mass is 10.1. The molecule has 0 bridgehead atoms. The fraction of sp³-hybridized carbons (Fsp3) is 0.0714. The van der Waals surface area contributed by atoms with Crippen LogP contribution in [0.5, 0.6) is 0 Å². The summed E-state index contributed by atoms with van der Waals surface area (Å²) in [4.78, 5) is 19.5. The number of hydrogen-bond acceptors (Lipinski definition) is 4. The number of aliphatic carboxylic acids is 2. The van der Waals surface area contributed by atoms with Gasteiger partial charge in [-0.2, -0.15) is 0 Å². The van der Waals surface area contributed by atoms with Crippen LogP contribution in [-0.2, 0) is 9.59 Å². The van der Waals surface area contributed by atoms with E-state index in [2.05, 4.69) is 97.1 Å². The number of rotatable bonds is 5. The summed E-state index contributed by atoms with van der Waals surface area (Å²) < 4.78 is 0. The van der Waals surface area contributed by atoms with Crippen LogP contribution in [0.2, 0.25) is 0 Å². The third kappa shape index (κ3) is 8.70. The summed E-state index contributed by atoms with van der Waals surface area (Å²) in [6.07, 6.45) is -4.53. The van der Waals surface area contributed by atoms with E-state index in [4.69, 9.17) is 20.4 Å². The molecular weight excluding hydrogens is 432 g/mol. The zero-order valence-corrected chi connectivity index (χ0v) is 18.3. The fourth-order valence-electron chi connectivity index (χ4n) is 2.79. The van der Waals surface area contributed by atoms with Gasteiger partial charge in [0.15, 0.2) is 12.2 Å². The van der Waals surface area contributed by atoms with Crippen LogP contribution in [0.25, 0.3) is 22.3 Å². The highest BCUT2D eigenvalue weighted by Gasteiger charge is 2.29. The zero-order chi connectivity index (χ0) is 24.8. The molecule has 0 spiro atoms. The first-order valence-electron chi connectivity index (χ1n) is 10.4. The Balaban J connectivity index is 0.000000182. The lowest BCUT2D eigenvalue weighted by Crippen LogP contribution is -2.39. The zero-order valence-electron chi connectivity index (χ0n) is 18.3. The van der Waals surface area contributed by atoms with E-state index in [1.165, 1.54) is 22.3 Å². The van der Waals surface area contributed by atoms with E-state index >= 15 is 0 Å². The van der Waals surface area contributed by atoms with Crippen molar-refractivity contribution in [2.24, 2.45) is 0 Å². The Bertz CT molecular complexity index is 949. The minimum Gasteiger partial charge on any atom is -0.479 e. The molecule has 0 saturated heterocycles. The molecule has 0 heterocycles. The third-order valence-corrected chi connectivity index (χ3v) is 4.57. The second-order valence-corrected chi connectivity index (χ2v) is 7.03. The summed E-state index contributed by atoms with van der Waals surface area (Å²) in [6.45, 7) is 0. The van der Waals surface area contributed by atoms with Gasteiger partial charge in [0.05, 0.1) is 0 Å². The van der Waals surface area contributed by atoms with Crippen molar-refractivity contribution in [3.05, 3.63) is 121 Å². The van der Waals surface area contributed by atoms with E-state index in [1.807, 2.05) is 24.3 Å². The molecule has 0 radical (unpaired) electrons. The maximum absolute atomic E-state index is 9.77. The molecule has 0 fully saturated rings. The number of aliphatic hydroxyl groups excluding tert-OH is 2. The summed E-state index contributed by atoms with van der Waals surface area (Å²) in [7, 11) is 0. The molecule has 174 valence electrons. The summed E-state index contributed by atoms with van der Waals surface area (Å²) in [5.41, 5.74) is 5.10. The van der Waals surface area contributed by atoms with Gasteiger partial charge in [0, 0.05) is 0 Å². The first kappa shape index (κ1) is 26.0. The second kappa shape index (κ2) is 14.0. The standard InChI is InChI=1S/2C12H10.C4H6O6/c2*1-3-7-11(8-4-1)12-9-5-2-6-10-12;5-1(3(7)8)2(6)4(9)10/h2*1-10H;1-2,5-6H,(H,7,8)(H,9,10). The number of benzene rings is 4. The quantitative estimate of drug-likeness (QED) is 0.348. The number of aliphatic hydroxyl groups is 2. The van der Waals surface area contributed by atoms with E-state index in [9.17, 15) is 9.59 Å². The molecule has 0 aliphatic carbocycles. The molecule has 0 aliphatic heterocycles. The van der Waals surface area contributed by atoms with Crippen molar-refractivity contribution in [2.75, 3.05) is 0 Å². The topological polar surface area (TPSA) is 115 Å². The van der Waals surface area contributed by atoms with E-state index < -0.39 is 24.1 Å². The Hall–Kier alpha value is -4.26. The summed E-state index contributed by atoms with van der Waals surface area (Å²) in [5, 5.41) is 32.5. The Morgan fingerprint density at radius 3 is 0.735 bits per heavy atom. The molecule has 4 aromatic rings. The van der Waals surface area contributed by atoms with Gasteiger partial charge in [0.25, 0.3) is 0 Å². The van der Waals surface area contributed by atoms with Gasteiger partial charge in [0.1, 0.15) is 0 Å². The third-order valence-electron chi connectivity index (χ3n) is 4.57. The Kier molecular flexibility index (Phi) is 10.7. The number of carbonyl (C=O) groups is 2. The highest BCUT2D eigenvalue weighted by atomic mass is 16.4. The van der Waals surface area contributed by atoms with Crippen LogP contribution in [-0.4, -0.2) is 44.6 Å². The molecular formula is C28H26O6. The van der Waals surface area contributed by atoms with E-state index in [1.54, 1.807) is 0 Å². The average molecular weight is 459 g/mol. The Labute approximate surface area is 198 Å². The lowest BCUT2D eigenvalue weighted by Gasteiger charge is -2.07. The summed E-state index contributed by atoms with van der Waals surface area (Å²) in [6, 6.07) is 41.6. The molecule has 0 aromatic heterocycles. The molecule has 2 unspecified atom stereocenters. The molecule has 0 amide bonds. The van der Waals surface area contributed by atoms with Gasteiger partial charge in [-0.25, -0.2) is 9.59 Å². The van der Waals surface area contributed by atoms with Crippen LogP contribution in [0.15, 0.2) is 121 Å². The maximum Gasteiger partial charge on any atom is 0.335 e. The second-order valence-electron chi connectivity index (χ2n) is 7.03. The highest BCUT2D eigenvalue weighted by Crippen LogP contribution is 2.18. The van der Waals surface area contributed by atoms with Crippen molar-refractivity contribution in [2.45, 2.75) is 12.2 Å². The number of carboxylic acids is 2. The van der Waals surface area contributed by atoms with Gasteiger partial charge >= 0.3 is 11.9 Å². The van der Waals surface area contributed by atoms with Gasteiger partial charge in [-0.05, 0) is 22.3 Å². The predicted molar refractivity (Wildman–Crippen MR) is 131 cm³/mol. The summed E-state index contributed by atoms with van der Waals surface area (Å²) >= 11 is 0. The first-order valence-corrected chi connectivity index (χ1v) is 10.4. The SMILES string of the molecule is O=C(O)C(O)C(O)C(=O)O.c1ccc(-c2ccccc2)cc1.c1ccc(-c2ccccc2)cc1. The minimum atomic E-state index is -2.27. The van der Waals surface area contributed by atoms with Crippen LogP contribution in [0.1, 0.15) is 0 Å². The van der Waals surface area contributed by atoms with E-state index in [-0.39, 0.29) is 0 Å². The van der Waals surface area contributed by atoms with Crippen molar-refractivity contribution in [3.63, 3.8) is 0 Å². The lowest BCUT2D eigenvalue weighted by molar-refractivity contribution is -0.165. The molecule has 0 aliphatic rings. The maximum atomic E-state index is 9.77. The van der Waals surface area contributed by atoms with Crippen molar-refractivity contribution in [1.29, 1.82) is 0 Å². The molecule has 6 nitrogen and oxygen atoms in total. The van der Waals surface area contributed by atoms with Crippen molar-refractivity contribution < 1.29 is 30.0 Å². The van der Waals surface area contributed by atoms with Crippen LogP contribution in [0, 0.1) is 0 Å². The van der Waals surface area contributed by atoms with Gasteiger partial charge in [-0.15, -0.1) is 0 Å². The molecule has 34 heavy (non-hydrogen) atoms. The van der Waals surface area contributed by atoms with Gasteiger partial charge < -0.3 is 20.4 Å². The first-order chi connectivity index (χ1) is 16.4. The molecule has 0 saturated carbocycles. The Morgan fingerprint density at radius 2 is 0.588 bits per heavy atom. The van der Waals surface area contributed by atoms with Gasteiger partial charge in [0.2, 0.25) is 0 Å². The Morgan fingerprint density at radius 1 is 0.412 bits per heavy atom. The largest absolute Gasteiger partial charge is 0.479 e. The van der Waals surface area contributed by atoms with Gasteiger partial charge in [-0.1, -0.05) is 121 Å².